The summed E-state index contributed by atoms with van der Waals surface area (Å²) in [4.78, 5) is 30.8. The molecular weight excluding hydrogens is 396 g/mol. The minimum Gasteiger partial charge on any atom is -0.344 e. The van der Waals surface area contributed by atoms with Crippen LogP contribution in [0.3, 0.4) is 0 Å². The molecule has 8 nitrogen and oxygen atoms in total. The third-order valence-corrected chi connectivity index (χ3v) is 6.79. The van der Waals surface area contributed by atoms with Gasteiger partial charge in [-0.05, 0) is 26.7 Å². The molecule has 1 fully saturated rings. The van der Waals surface area contributed by atoms with E-state index in [1.165, 1.54) is 53.7 Å². The molecule has 2 aromatic rings. The Morgan fingerprint density at radius 1 is 1.29 bits per heavy atom. The molecule has 0 aromatic carbocycles. The third kappa shape index (κ3) is 4.54. The summed E-state index contributed by atoms with van der Waals surface area (Å²) in [5, 5.41) is 12.7. The predicted octanol–water partition coefficient (Wildman–Crippen LogP) is 3.15. The van der Waals surface area contributed by atoms with Crippen LogP contribution in [0, 0.1) is 6.92 Å². The fourth-order valence-electron chi connectivity index (χ4n) is 3.33. The maximum atomic E-state index is 12.4. The molecule has 0 spiro atoms. The van der Waals surface area contributed by atoms with E-state index in [0.717, 1.165) is 17.5 Å². The fourth-order valence-corrected chi connectivity index (χ4v) is 5.14. The van der Waals surface area contributed by atoms with Crippen LogP contribution in [0.25, 0.3) is 0 Å². The summed E-state index contributed by atoms with van der Waals surface area (Å²) in [5.74, 6) is 1.47. The highest BCUT2D eigenvalue weighted by atomic mass is 32.2. The Bertz CT molecular complexity index is 854. The summed E-state index contributed by atoms with van der Waals surface area (Å²) < 4.78 is 2.12. The number of carbonyl (C=O) groups is 2. The van der Waals surface area contributed by atoms with Gasteiger partial charge in [0, 0.05) is 26.6 Å². The molecule has 0 aliphatic heterocycles. The Balaban J connectivity index is 1.61. The third-order valence-electron chi connectivity index (χ3n) is 4.76. The van der Waals surface area contributed by atoms with E-state index < -0.39 is 0 Å². The minimum absolute atomic E-state index is 0.111. The molecule has 0 unspecified atom stereocenters. The van der Waals surface area contributed by atoms with Crippen molar-refractivity contribution >= 4 is 40.0 Å². The number of hydrogen-bond acceptors (Lipinski definition) is 7. The standard InChI is InChI=1S/C18H26N6O2S2/c1-5-24-15(12-8-6-7-9-12)21-22-18(24)27-10-13(25)20-17-19-11(2)14(28-17)16(26)23(3)4/h12H,5-10H2,1-4H3,(H,19,20,25). The second kappa shape index (κ2) is 9.04. The number of thioether (sulfide) groups is 1. The maximum Gasteiger partial charge on any atom is 0.265 e. The summed E-state index contributed by atoms with van der Waals surface area (Å²) in [6.07, 6.45) is 4.83. The normalized spacial score (nSPS) is 14.4. The van der Waals surface area contributed by atoms with Crippen LogP contribution in [0.4, 0.5) is 5.13 Å². The monoisotopic (exact) mass is 422 g/mol. The molecule has 0 saturated heterocycles. The Hall–Kier alpha value is -1.94. The quantitative estimate of drug-likeness (QED) is 0.689. The number of nitrogens with one attached hydrogen (secondary N) is 1. The molecule has 1 aliphatic rings. The van der Waals surface area contributed by atoms with Gasteiger partial charge in [0.25, 0.3) is 5.91 Å². The van der Waals surface area contributed by atoms with Gasteiger partial charge in [0.15, 0.2) is 10.3 Å². The zero-order valence-corrected chi connectivity index (χ0v) is 18.3. The molecule has 1 saturated carbocycles. The molecule has 1 N–H and O–H groups in total. The molecule has 10 heteroatoms. The maximum absolute atomic E-state index is 12.4. The van der Waals surface area contributed by atoms with Crippen LogP contribution >= 0.6 is 23.1 Å². The number of aromatic nitrogens is 4. The number of nitrogens with zero attached hydrogens (tertiary/aromatic N) is 5. The average molecular weight is 423 g/mol. The lowest BCUT2D eigenvalue weighted by Crippen LogP contribution is -2.21. The number of amides is 2. The van der Waals surface area contributed by atoms with Crippen molar-refractivity contribution in [3.8, 4) is 0 Å². The molecule has 0 atom stereocenters. The van der Waals surface area contributed by atoms with Gasteiger partial charge in [-0.2, -0.15) is 0 Å². The second-order valence-electron chi connectivity index (χ2n) is 7.04. The zero-order valence-electron chi connectivity index (χ0n) is 16.7. The molecule has 0 radical (unpaired) electrons. The Labute approximate surface area is 173 Å². The minimum atomic E-state index is -0.171. The Morgan fingerprint density at radius 3 is 2.64 bits per heavy atom. The highest BCUT2D eigenvalue weighted by molar-refractivity contribution is 7.99. The number of carbonyl (C=O) groups excluding carboxylic acids is 2. The lowest BCUT2D eigenvalue weighted by molar-refractivity contribution is -0.113. The van der Waals surface area contributed by atoms with Gasteiger partial charge in [0.2, 0.25) is 5.91 Å². The van der Waals surface area contributed by atoms with Crippen molar-refractivity contribution in [2.24, 2.45) is 0 Å². The molecule has 3 rings (SSSR count). The summed E-state index contributed by atoms with van der Waals surface area (Å²) in [5.41, 5.74) is 0.624. The summed E-state index contributed by atoms with van der Waals surface area (Å²) in [7, 11) is 3.39. The number of anilines is 1. The van der Waals surface area contributed by atoms with Crippen molar-refractivity contribution in [2.45, 2.75) is 57.1 Å². The average Bonchev–Trinajstić information content (AvgIpc) is 3.38. The zero-order chi connectivity index (χ0) is 20.3. The molecule has 0 bridgehead atoms. The van der Waals surface area contributed by atoms with Crippen LogP contribution in [-0.2, 0) is 11.3 Å². The van der Waals surface area contributed by atoms with Gasteiger partial charge in [0.05, 0.1) is 11.4 Å². The van der Waals surface area contributed by atoms with Gasteiger partial charge in [-0.1, -0.05) is 35.9 Å². The summed E-state index contributed by atoms with van der Waals surface area (Å²) in [6.45, 7) is 4.64. The van der Waals surface area contributed by atoms with E-state index in [2.05, 4.69) is 32.0 Å². The Morgan fingerprint density at radius 2 is 2.00 bits per heavy atom. The van der Waals surface area contributed by atoms with E-state index in [0.29, 0.717) is 21.6 Å². The van der Waals surface area contributed by atoms with E-state index in [9.17, 15) is 9.59 Å². The smallest absolute Gasteiger partial charge is 0.265 e. The number of hydrogen-bond donors (Lipinski definition) is 1. The second-order valence-corrected chi connectivity index (χ2v) is 8.98. The molecule has 2 aromatic heterocycles. The SMILES string of the molecule is CCn1c(SCC(=O)Nc2nc(C)c(C(=O)N(C)C)s2)nnc1C1CCCC1. The van der Waals surface area contributed by atoms with E-state index in [4.69, 9.17) is 0 Å². The molecule has 2 amide bonds. The Kier molecular flexibility index (Phi) is 6.71. The van der Waals surface area contributed by atoms with Crippen molar-refractivity contribution in [2.75, 3.05) is 25.2 Å². The van der Waals surface area contributed by atoms with Crippen LogP contribution in [0.5, 0.6) is 0 Å². The lowest BCUT2D eigenvalue weighted by atomic mass is 10.1. The van der Waals surface area contributed by atoms with Crippen LogP contribution in [-0.4, -0.2) is 56.3 Å². The first-order chi connectivity index (χ1) is 13.4. The van der Waals surface area contributed by atoms with Crippen LogP contribution in [0.1, 0.15) is 59.7 Å². The molecule has 28 heavy (non-hydrogen) atoms. The van der Waals surface area contributed by atoms with E-state index in [1.807, 2.05) is 0 Å². The van der Waals surface area contributed by atoms with Crippen molar-refractivity contribution < 1.29 is 9.59 Å². The lowest BCUT2D eigenvalue weighted by Gasteiger charge is -2.11. The molecule has 2 heterocycles. The highest BCUT2D eigenvalue weighted by Crippen LogP contribution is 2.34. The molecule has 152 valence electrons. The van der Waals surface area contributed by atoms with Crippen molar-refractivity contribution in [1.29, 1.82) is 0 Å². The van der Waals surface area contributed by atoms with Crippen molar-refractivity contribution in [3.63, 3.8) is 0 Å². The highest BCUT2D eigenvalue weighted by Gasteiger charge is 2.24. The van der Waals surface area contributed by atoms with Crippen LogP contribution in [0.2, 0.25) is 0 Å². The van der Waals surface area contributed by atoms with Gasteiger partial charge in [0.1, 0.15) is 10.7 Å². The van der Waals surface area contributed by atoms with Gasteiger partial charge < -0.3 is 14.8 Å². The molecule has 1 aliphatic carbocycles. The summed E-state index contributed by atoms with van der Waals surface area (Å²) >= 11 is 2.58. The van der Waals surface area contributed by atoms with Crippen molar-refractivity contribution in [3.05, 3.63) is 16.4 Å². The topological polar surface area (TPSA) is 93.0 Å². The van der Waals surface area contributed by atoms with E-state index >= 15 is 0 Å². The first-order valence-corrected chi connectivity index (χ1v) is 11.3. The van der Waals surface area contributed by atoms with E-state index in [1.54, 1.807) is 21.0 Å². The number of aryl methyl sites for hydroxylation is 1. The first-order valence-electron chi connectivity index (χ1n) is 9.45. The number of rotatable bonds is 7. The van der Waals surface area contributed by atoms with Gasteiger partial charge >= 0.3 is 0 Å². The van der Waals surface area contributed by atoms with Crippen molar-refractivity contribution in [1.82, 2.24) is 24.6 Å². The van der Waals surface area contributed by atoms with Gasteiger partial charge in [-0.15, -0.1) is 10.2 Å². The predicted molar refractivity (Wildman–Crippen MR) is 111 cm³/mol. The van der Waals surface area contributed by atoms with Crippen LogP contribution < -0.4 is 5.32 Å². The van der Waals surface area contributed by atoms with Gasteiger partial charge in [-0.25, -0.2) is 4.98 Å². The first kappa shape index (κ1) is 20.8. The van der Waals surface area contributed by atoms with Gasteiger partial charge in [-0.3, -0.25) is 9.59 Å². The number of thiazole rings is 1. The van der Waals surface area contributed by atoms with E-state index in [-0.39, 0.29) is 17.6 Å². The molecular formula is C18H26N6O2S2. The largest absolute Gasteiger partial charge is 0.344 e. The van der Waals surface area contributed by atoms with Crippen LogP contribution in [0.15, 0.2) is 5.16 Å². The summed E-state index contributed by atoms with van der Waals surface area (Å²) in [6, 6.07) is 0. The fraction of sp³-hybridized carbons (Fsp3) is 0.611.